The van der Waals surface area contributed by atoms with E-state index in [-0.39, 0.29) is 18.5 Å². The smallest absolute Gasteiger partial charge is 0.305 e. The second-order valence-corrected chi connectivity index (χ2v) is 23.2. The number of allylic oxidation sites excluding steroid dienone is 2. The highest BCUT2D eigenvalue weighted by molar-refractivity contribution is 5.76. The average Bonchev–Trinajstić information content (AvgIpc) is 3.39. The van der Waals surface area contributed by atoms with E-state index in [1.54, 1.807) is 0 Å². The van der Waals surface area contributed by atoms with Crippen LogP contribution in [-0.2, 0) is 14.3 Å². The van der Waals surface area contributed by atoms with Crippen LogP contribution < -0.4 is 5.32 Å². The number of hydrogen-bond acceptors (Lipinski definition) is 5. The van der Waals surface area contributed by atoms with Crippen molar-refractivity contribution >= 4 is 11.9 Å². The number of nitrogens with one attached hydrogen (secondary N) is 1. The van der Waals surface area contributed by atoms with Crippen molar-refractivity contribution < 1.29 is 24.5 Å². The Morgan fingerprint density at radius 1 is 0.370 bits per heavy atom. The summed E-state index contributed by atoms with van der Waals surface area (Å²) in [5.74, 6) is -0.0158. The Morgan fingerprint density at radius 3 is 0.973 bits per heavy atom. The van der Waals surface area contributed by atoms with Crippen molar-refractivity contribution in [3.8, 4) is 0 Å². The summed E-state index contributed by atoms with van der Waals surface area (Å²) < 4.78 is 5.51. The molecule has 0 fully saturated rings. The highest BCUT2D eigenvalue weighted by atomic mass is 16.5. The van der Waals surface area contributed by atoms with Gasteiger partial charge in [0.1, 0.15) is 0 Å². The molecule has 0 rings (SSSR count). The van der Waals surface area contributed by atoms with Gasteiger partial charge in [0.05, 0.1) is 25.4 Å². The third kappa shape index (κ3) is 59.7. The summed E-state index contributed by atoms with van der Waals surface area (Å²) in [6, 6.07) is -0.539. The second kappa shape index (κ2) is 63.1. The number of rotatable bonds is 63. The molecule has 6 heteroatoms. The Morgan fingerprint density at radius 2 is 0.644 bits per heavy atom. The first-order valence-electron chi connectivity index (χ1n) is 33.4. The Kier molecular flexibility index (Phi) is 61.9. The molecule has 73 heavy (non-hydrogen) atoms. The SMILES string of the molecule is CCCCCCCC/C=C\CCCCCCCCCCCC(=O)OCCCCCCCCCCCCCCCCCCCCCCCCCCC(=O)NC(CO)C(O)CCCCCCCCCCCCCCC. The third-order valence-electron chi connectivity index (χ3n) is 15.8. The fourth-order valence-corrected chi connectivity index (χ4v) is 10.7. The first-order chi connectivity index (χ1) is 36.0. The van der Waals surface area contributed by atoms with Crippen molar-refractivity contribution in [1.82, 2.24) is 5.32 Å². The Labute approximate surface area is 457 Å². The van der Waals surface area contributed by atoms with Gasteiger partial charge in [0, 0.05) is 12.8 Å². The first kappa shape index (κ1) is 71.6. The monoisotopic (exact) mass is 1030 g/mol. The van der Waals surface area contributed by atoms with Crippen LogP contribution in [0.25, 0.3) is 0 Å². The maximum atomic E-state index is 12.5. The number of unbranched alkanes of at least 4 members (excludes halogenated alkanes) is 50. The zero-order valence-corrected chi connectivity index (χ0v) is 49.6. The van der Waals surface area contributed by atoms with Crippen LogP contribution in [0.2, 0.25) is 0 Å². The van der Waals surface area contributed by atoms with Crippen LogP contribution in [-0.4, -0.2) is 47.4 Å². The second-order valence-electron chi connectivity index (χ2n) is 23.2. The van der Waals surface area contributed by atoms with Gasteiger partial charge in [-0.15, -0.1) is 0 Å². The molecular formula is C67H131NO5. The molecule has 1 amide bonds. The lowest BCUT2D eigenvalue weighted by atomic mass is 10.0. The van der Waals surface area contributed by atoms with E-state index in [9.17, 15) is 19.8 Å². The summed E-state index contributed by atoms with van der Waals surface area (Å²) in [5.41, 5.74) is 0. The van der Waals surface area contributed by atoms with Crippen LogP contribution in [0.5, 0.6) is 0 Å². The molecule has 2 unspecified atom stereocenters. The predicted octanol–water partition coefficient (Wildman–Crippen LogP) is 21.2. The van der Waals surface area contributed by atoms with Gasteiger partial charge < -0.3 is 20.3 Å². The topological polar surface area (TPSA) is 95.9 Å². The lowest BCUT2D eigenvalue weighted by Crippen LogP contribution is -2.45. The van der Waals surface area contributed by atoms with Crippen molar-refractivity contribution in [2.45, 2.75) is 392 Å². The predicted molar refractivity (Wildman–Crippen MR) is 320 cm³/mol. The molecule has 6 nitrogen and oxygen atoms in total. The largest absolute Gasteiger partial charge is 0.466 e. The van der Waals surface area contributed by atoms with Gasteiger partial charge in [-0.1, -0.05) is 328 Å². The van der Waals surface area contributed by atoms with Crippen molar-refractivity contribution in [2.75, 3.05) is 13.2 Å². The van der Waals surface area contributed by atoms with Crippen molar-refractivity contribution in [3.05, 3.63) is 12.2 Å². The van der Waals surface area contributed by atoms with E-state index < -0.39 is 12.1 Å². The molecule has 0 radical (unpaired) electrons. The minimum atomic E-state index is -0.662. The molecular weight excluding hydrogens is 899 g/mol. The lowest BCUT2D eigenvalue weighted by Gasteiger charge is -2.22. The molecule has 0 aromatic rings. The van der Waals surface area contributed by atoms with Crippen LogP contribution >= 0.6 is 0 Å². The fourth-order valence-electron chi connectivity index (χ4n) is 10.7. The molecule has 434 valence electrons. The fraction of sp³-hybridized carbons (Fsp3) is 0.940. The lowest BCUT2D eigenvalue weighted by molar-refractivity contribution is -0.143. The molecule has 0 bridgehead atoms. The Hall–Kier alpha value is -1.40. The quantitative estimate of drug-likeness (QED) is 0.0320. The van der Waals surface area contributed by atoms with Gasteiger partial charge in [-0.3, -0.25) is 9.59 Å². The van der Waals surface area contributed by atoms with Crippen LogP contribution in [0.15, 0.2) is 12.2 Å². The van der Waals surface area contributed by atoms with Gasteiger partial charge in [-0.25, -0.2) is 0 Å². The molecule has 0 saturated carbocycles. The van der Waals surface area contributed by atoms with Crippen LogP contribution in [0.3, 0.4) is 0 Å². The summed E-state index contributed by atoms with van der Waals surface area (Å²) in [6.07, 6.45) is 76.7. The van der Waals surface area contributed by atoms with E-state index in [4.69, 9.17) is 4.74 Å². The van der Waals surface area contributed by atoms with Crippen molar-refractivity contribution in [1.29, 1.82) is 0 Å². The Balaban J connectivity index is 3.33. The molecule has 0 aromatic carbocycles. The number of carbonyl (C=O) groups excluding carboxylic acids is 2. The normalized spacial score (nSPS) is 12.5. The van der Waals surface area contributed by atoms with E-state index in [0.29, 0.717) is 25.9 Å². The van der Waals surface area contributed by atoms with Crippen LogP contribution in [0.1, 0.15) is 380 Å². The molecule has 0 heterocycles. The molecule has 0 aromatic heterocycles. The third-order valence-corrected chi connectivity index (χ3v) is 15.8. The van der Waals surface area contributed by atoms with Crippen LogP contribution in [0.4, 0.5) is 0 Å². The summed E-state index contributed by atoms with van der Waals surface area (Å²) in [6.45, 7) is 4.98. The Bertz CT molecular complexity index is 1100. The summed E-state index contributed by atoms with van der Waals surface area (Å²) in [4.78, 5) is 24.6. The summed E-state index contributed by atoms with van der Waals surface area (Å²) in [7, 11) is 0. The maximum Gasteiger partial charge on any atom is 0.305 e. The average molecular weight is 1030 g/mol. The highest BCUT2D eigenvalue weighted by Gasteiger charge is 2.20. The van der Waals surface area contributed by atoms with E-state index in [1.165, 1.54) is 308 Å². The zero-order chi connectivity index (χ0) is 52.9. The van der Waals surface area contributed by atoms with Crippen molar-refractivity contribution in [3.63, 3.8) is 0 Å². The van der Waals surface area contributed by atoms with Gasteiger partial charge in [0.25, 0.3) is 0 Å². The van der Waals surface area contributed by atoms with E-state index in [2.05, 4.69) is 31.3 Å². The number of ether oxygens (including phenoxy) is 1. The minimum Gasteiger partial charge on any atom is -0.466 e. The van der Waals surface area contributed by atoms with Crippen molar-refractivity contribution in [2.24, 2.45) is 0 Å². The molecule has 0 saturated heterocycles. The minimum absolute atomic E-state index is 0.0159. The highest BCUT2D eigenvalue weighted by Crippen LogP contribution is 2.19. The zero-order valence-electron chi connectivity index (χ0n) is 49.6. The summed E-state index contributed by atoms with van der Waals surface area (Å²) in [5, 5.41) is 23.3. The van der Waals surface area contributed by atoms with Crippen LogP contribution in [0, 0.1) is 0 Å². The molecule has 0 aliphatic carbocycles. The first-order valence-corrected chi connectivity index (χ1v) is 33.4. The van der Waals surface area contributed by atoms with E-state index in [1.807, 2.05) is 0 Å². The standard InChI is InChI=1S/C67H131NO5/c1-3-5-7-9-11-13-15-17-18-19-26-30-33-37-41-45-49-53-57-61-67(72)73-62-58-54-50-46-42-38-34-31-28-25-23-21-20-22-24-27-29-32-36-40-44-48-52-56-60-66(71)68-64(63-69)65(70)59-55-51-47-43-39-35-16-14-12-10-8-6-4-2/h17-18,64-65,69-70H,3-16,19-63H2,1-2H3,(H,68,71)/b18-17-. The molecule has 0 aliphatic heterocycles. The molecule has 3 N–H and O–H groups in total. The van der Waals surface area contributed by atoms with E-state index >= 15 is 0 Å². The van der Waals surface area contributed by atoms with Gasteiger partial charge in [-0.2, -0.15) is 0 Å². The maximum absolute atomic E-state index is 12.5. The molecule has 0 spiro atoms. The number of carbonyl (C=O) groups is 2. The molecule has 0 aliphatic rings. The van der Waals surface area contributed by atoms with Gasteiger partial charge in [0.2, 0.25) is 5.91 Å². The number of aliphatic hydroxyl groups is 2. The van der Waals surface area contributed by atoms with E-state index in [0.717, 1.165) is 38.5 Å². The molecule has 2 atom stereocenters. The van der Waals surface area contributed by atoms with Gasteiger partial charge in [0.15, 0.2) is 0 Å². The summed E-state index contributed by atoms with van der Waals surface area (Å²) >= 11 is 0. The van der Waals surface area contributed by atoms with Gasteiger partial charge >= 0.3 is 5.97 Å². The van der Waals surface area contributed by atoms with Gasteiger partial charge in [-0.05, 0) is 51.4 Å². The number of amides is 1. The number of hydrogen-bond donors (Lipinski definition) is 3. The number of esters is 1. The number of aliphatic hydroxyl groups excluding tert-OH is 2.